The van der Waals surface area contributed by atoms with Crippen molar-refractivity contribution < 1.29 is 13.5 Å². The summed E-state index contributed by atoms with van der Waals surface area (Å²) in [6, 6.07) is 12.8. The highest BCUT2D eigenvalue weighted by atomic mass is 19.1. The normalized spacial score (nSPS) is 15.1. The van der Waals surface area contributed by atoms with Crippen molar-refractivity contribution in [3.8, 4) is 0 Å². The number of benzene rings is 2. The summed E-state index contributed by atoms with van der Waals surface area (Å²) in [5.74, 6) is -0.270. The molecule has 2 aliphatic rings. The standard InChI is InChI=1S/C21H17F2N7O/c1-27-20(24-14-25-27)13-31-21-26-30-15(12-28(21)18-8-4-2-6-16(18)22)10-11-29(30)19-9-5-3-7-17(19)23/h2-12,14H,13H2,1H3. The van der Waals surface area contributed by atoms with Crippen LogP contribution in [0.4, 0.5) is 20.2 Å². The number of allylic oxidation sites excluding steroid dienone is 1. The molecule has 8 nitrogen and oxygen atoms in total. The van der Waals surface area contributed by atoms with Crippen LogP contribution in [0.5, 0.6) is 0 Å². The van der Waals surface area contributed by atoms with E-state index >= 15 is 0 Å². The molecule has 0 amide bonds. The Bertz CT molecular complexity index is 1220. The maximum absolute atomic E-state index is 14.6. The molecule has 0 radical (unpaired) electrons. The maximum atomic E-state index is 14.6. The number of hydrazone groups is 1. The van der Waals surface area contributed by atoms with Crippen LogP contribution in [0.1, 0.15) is 5.82 Å². The van der Waals surface area contributed by atoms with Crippen molar-refractivity contribution in [2.45, 2.75) is 6.61 Å². The fraction of sp³-hybridized carbons (Fsp3) is 0.0952. The van der Waals surface area contributed by atoms with Gasteiger partial charge in [-0.25, -0.2) is 18.8 Å². The number of hydrogen-bond donors (Lipinski definition) is 0. The zero-order valence-electron chi connectivity index (χ0n) is 16.4. The molecule has 1 aromatic heterocycles. The van der Waals surface area contributed by atoms with Crippen LogP contribution < -0.4 is 9.91 Å². The molecule has 0 saturated carbocycles. The summed E-state index contributed by atoms with van der Waals surface area (Å²) in [4.78, 5) is 5.64. The Kier molecular flexibility index (Phi) is 4.58. The summed E-state index contributed by atoms with van der Waals surface area (Å²) in [6.07, 6.45) is 6.52. The summed E-state index contributed by atoms with van der Waals surface area (Å²) in [5.41, 5.74) is 1.19. The molecule has 2 aliphatic heterocycles. The molecule has 31 heavy (non-hydrogen) atoms. The van der Waals surface area contributed by atoms with Gasteiger partial charge in [-0.3, -0.25) is 9.58 Å². The quantitative estimate of drug-likeness (QED) is 0.643. The van der Waals surface area contributed by atoms with Crippen molar-refractivity contribution in [1.29, 1.82) is 0 Å². The molecule has 0 spiro atoms. The second-order valence-corrected chi connectivity index (χ2v) is 6.75. The molecule has 0 unspecified atom stereocenters. The lowest BCUT2D eigenvalue weighted by Crippen LogP contribution is -2.41. The lowest BCUT2D eigenvalue weighted by Gasteiger charge is -2.33. The third kappa shape index (κ3) is 3.37. The fourth-order valence-corrected chi connectivity index (χ4v) is 3.24. The van der Waals surface area contributed by atoms with Crippen LogP contribution in [0.15, 0.2) is 84.1 Å². The first-order valence-electron chi connectivity index (χ1n) is 9.43. The number of aromatic nitrogens is 3. The third-order valence-corrected chi connectivity index (χ3v) is 4.82. The van der Waals surface area contributed by atoms with Crippen LogP contribution in [0, 0.1) is 11.6 Å². The highest BCUT2D eigenvalue weighted by Crippen LogP contribution is 2.33. The zero-order valence-corrected chi connectivity index (χ0v) is 16.4. The van der Waals surface area contributed by atoms with Gasteiger partial charge in [-0.15, -0.1) is 0 Å². The molecule has 0 atom stereocenters. The summed E-state index contributed by atoms with van der Waals surface area (Å²) >= 11 is 0. The topological polar surface area (TPSA) is 62.0 Å². The van der Waals surface area contributed by atoms with Crippen molar-refractivity contribution in [3.63, 3.8) is 0 Å². The number of aryl methyl sites for hydroxylation is 1. The first-order chi connectivity index (χ1) is 15.1. The van der Waals surface area contributed by atoms with E-state index in [9.17, 15) is 8.78 Å². The minimum absolute atomic E-state index is 0.0599. The summed E-state index contributed by atoms with van der Waals surface area (Å²) in [5, 5.41) is 11.6. The van der Waals surface area contributed by atoms with Gasteiger partial charge in [0, 0.05) is 19.4 Å². The fourth-order valence-electron chi connectivity index (χ4n) is 3.24. The SMILES string of the molecule is Cn1ncnc1COC1=NN2C(=CN1c1ccccc1F)C=CN2c1ccccc1F. The second-order valence-electron chi connectivity index (χ2n) is 6.75. The Hall–Kier alpha value is -4.21. The van der Waals surface area contributed by atoms with Gasteiger partial charge in [-0.2, -0.15) is 10.2 Å². The first-order valence-corrected chi connectivity index (χ1v) is 9.43. The Balaban J connectivity index is 1.52. The van der Waals surface area contributed by atoms with Crippen molar-refractivity contribution in [1.82, 2.24) is 19.9 Å². The second kappa shape index (κ2) is 7.56. The van der Waals surface area contributed by atoms with Crippen LogP contribution in [0.3, 0.4) is 0 Å². The lowest BCUT2D eigenvalue weighted by molar-refractivity contribution is 0.250. The molecule has 156 valence electrons. The first kappa shape index (κ1) is 18.8. The number of para-hydroxylation sites is 2. The highest BCUT2D eigenvalue weighted by molar-refractivity contribution is 5.94. The molecule has 0 bridgehead atoms. The van der Waals surface area contributed by atoms with E-state index in [1.54, 1.807) is 71.6 Å². The number of halogens is 2. The predicted molar refractivity (Wildman–Crippen MR) is 110 cm³/mol. The minimum atomic E-state index is -0.435. The van der Waals surface area contributed by atoms with E-state index < -0.39 is 11.6 Å². The Morgan fingerprint density at radius 2 is 1.68 bits per heavy atom. The van der Waals surface area contributed by atoms with Gasteiger partial charge in [-0.05, 0) is 30.3 Å². The van der Waals surface area contributed by atoms with Crippen molar-refractivity contribution >= 4 is 17.4 Å². The molecular weight excluding hydrogens is 404 g/mol. The number of anilines is 2. The van der Waals surface area contributed by atoms with Gasteiger partial charge in [0.1, 0.15) is 29.3 Å². The number of fused-ring (bicyclic) bond motifs is 1. The zero-order chi connectivity index (χ0) is 21.4. The minimum Gasteiger partial charge on any atom is -0.455 e. The molecular formula is C21H17F2N7O. The van der Waals surface area contributed by atoms with Crippen molar-refractivity contribution in [2.75, 3.05) is 9.91 Å². The Labute approximate surface area is 176 Å². The maximum Gasteiger partial charge on any atom is 0.320 e. The predicted octanol–water partition coefficient (Wildman–Crippen LogP) is 3.49. The molecule has 0 aliphatic carbocycles. The molecule has 3 aromatic rings. The van der Waals surface area contributed by atoms with Gasteiger partial charge < -0.3 is 4.74 Å². The average Bonchev–Trinajstić information content (AvgIpc) is 3.38. The van der Waals surface area contributed by atoms with Gasteiger partial charge in [-0.1, -0.05) is 29.4 Å². The number of nitrogens with zero attached hydrogens (tertiary/aromatic N) is 7. The number of amidine groups is 1. The number of rotatable bonds is 4. The highest BCUT2D eigenvalue weighted by Gasteiger charge is 2.32. The van der Waals surface area contributed by atoms with E-state index in [0.29, 0.717) is 17.2 Å². The van der Waals surface area contributed by atoms with Gasteiger partial charge in [0.25, 0.3) is 0 Å². The van der Waals surface area contributed by atoms with Gasteiger partial charge in [0.05, 0.1) is 5.69 Å². The van der Waals surface area contributed by atoms with E-state index in [-0.39, 0.29) is 18.3 Å². The summed E-state index contributed by atoms with van der Waals surface area (Å²) < 4.78 is 36.4. The molecule has 0 fully saturated rings. The van der Waals surface area contributed by atoms with Crippen LogP contribution >= 0.6 is 0 Å². The number of ether oxygens (including phenoxy) is 1. The molecule has 5 rings (SSSR count). The van der Waals surface area contributed by atoms with Gasteiger partial charge in [0.15, 0.2) is 12.4 Å². The van der Waals surface area contributed by atoms with Crippen molar-refractivity contribution in [2.24, 2.45) is 12.1 Å². The average molecular weight is 421 g/mol. The third-order valence-electron chi connectivity index (χ3n) is 4.82. The van der Waals surface area contributed by atoms with E-state index in [4.69, 9.17) is 4.74 Å². The van der Waals surface area contributed by atoms with E-state index in [1.165, 1.54) is 28.5 Å². The van der Waals surface area contributed by atoms with Gasteiger partial charge >= 0.3 is 6.02 Å². The molecule has 0 N–H and O–H groups in total. The van der Waals surface area contributed by atoms with Crippen LogP contribution in [-0.2, 0) is 18.4 Å². The molecule has 3 heterocycles. The Morgan fingerprint density at radius 3 is 2.35 bits per heavy atom. The van der Waals surface area contributed by atoms with Crippen LogP contribution in [0.2, 0.25) is 0 Å². The smallest absolute Gasteiger partial charge is 0.320 e. The van der Waals surface area contributed by atoms with E-state index in [2.05, 4.69) is 15.2 Å². The Morgan fingerprint density at radius 1 is 0.968 bits per heavy atom. The number of hydrogen-bond acceptors (Lipinski definition) is 7. The number of hydrazine groups is 1. The molecule has 10 heteroatoms. The molecule has 0 saturated heterocycles. The van der Waals surface area contributed by atoms with Crippen molar-refractivity contribution in [3.05, 3.63) is 96.5 Å². The summed E-state index contributed by atoms with van der Waals surface area (Å²) in [7, 11) is 1.74. The monoisotopic (exact) mass is 421 g/mol. The van der Waals surface area contributed by atoms with E-state index in [1.807, 2.05) is 0 Å². The van der Waals surface area contributed by atoms with Crippen LogP contribution in [0.25, 0.3) is 0 Å². The molecule has 2 aromatic carbocycles. The summed E-state index contributed by atoms with van der Waals surface area (Å²) in [6.45, 7) is 0.0599. The lowest BCUT2D eigenvalue weighted by atomic mass is 10.3. The van der Waals surface area contributed by atoms with Gasteiger partial charge in [0.2, 0.25) is 0 Å². The van der Waals surface area contributed by atoms with E-state index in [0.717, 1.165) is 0 Å². The van der Waals surface area contributed by atoms with Crippen LogP contribution in [-0.4, -0.2) is 25.9 Å². The largest absolute Gasteiger partial charge is 0.455 e.